The van der Waals surface area contributed by atoms with Gasteiger partial charge in [0.05, 0.1) is 0 Å². The highest BCUT2D eigenvalue weighted by molar-refractivity contribution is 9.08. The highest BCUT2D eigenvalue weighted by atomic mass is 79.9. The average molecular weight is 296 g/mol. The summed E-state index contributed by atoms with van der Waals surface area (Å²) in [5, 5.41) is 3.94. The summed E-state index contributed by atoms with van der Waals surface area (Å²) in [5.41, 5.74) is 1.84. The molecule has 17 heavy (non-hydrogen) atoms. The molecule has 3 heteroatoms. The Morgan fingerprint density at radius 2 is 1.94 bits per heavy atom. The number of rotatable bonds is 4. The van der Waals surface area contributed by atoms with E-state index in [9.17, 15) is 4.79 Å². The van der Waals surface area contributed by atoms with Crippen molar-refractivity contribution in [2.24, 2.45) is 5.92 Å². The maximum absolute atomic E-state index is 12.1. The fourth-order valence-corrected chi connectivity index (χ4v) is 2.39. The molecule has 1 aromatic rings. The third-order valence-electron chi connectivity index (χ3n) is 3.40. The Bertz CT molecular complexity index is 407. The van der Waals surface area contributed by atoms with Gasteiger partial charge >= 0.3 is 0 Å². The van der Waals surface area contributed by atoms with Gasteiger partial charge in [-0.25, -0.2) is 0 Å². The van der Waals surface area contributed by atoms with E-state index < -0.39 is 0 Å². The van der Waals surface area contributed by atoms with Gasteiger partial charge in [-0.1, -0.05) is 28.1 Å². The third kappa shape index (κ3) is 3.09. The molecule has 0 unspecified atom stereocenters. The van der Waals surface area contributed by atoms with Crippen molar-refractivity contribution in [2.45, 2.75) is 37.6 Å². The molecule has 1 aromatic carbocycles. The Hall–Kier alpha value is -0.830. The zero-order valence-corrected chi connectivity index (χ0v) is 11.9. The summed E-state index contributed by atoms with van der Waals surface area (Å²) in [6.07, 6.45) is 2.46. The van der Waals surface area contributed by atoms with E-state index in [4.69, 9.17) is 0 Å². The summed E-state index contributed by atoms with van der Waals surface area (Å²) in [5.74, 6) is 0.677. The van der Waals surface area contributed by atoms with Crippen molar-refractivity contribution in [3.05, 3.63) is 35.4 Å². The number of benzene rings is 1. The molecular weight excluding hydrogens is 278 g/mol. The summed E-state index contributed by atoms with van der Waals surface area (Å²) in [6, 6.07) is 7.73. The van der Waals surface area contributed by atoms with E-state index in [1.807, 2.05) is 24.3 Å². The molecule has 1 aliphatic carbocycles. The van der Waals surface area contributed by atoms with Gasteiger partial charge in [-0.2, -0.15) is 0 Å². The average Bonchev–Trinajstić information content (AvgIpc) is 3.12. The lowest BCUT2D eigenvalue weighted by Gasteiger charge is -2.26. The van der Waals surface area contributed by atoms with Crippen molar-refractivity contribution < 1.29 is 4.79 Å². The lowest BCUT2D eigenvalue weighted by molar-refractivity contribution is 0.0903. The zero-order chi connectivity index (χ0) is 12.5. The molecule has 1 saturated carbocycles. The second-order valence-electron chi connectivity index (χ2n) is 5.28. The van der Waals surface area contributed by atoms with Gasteiger partial charge in [-0.05, 0) is 50.3 Å². The van der Waals surface area contributed by atoms with Gasteiger partial charge in [0.25, 0.3) is 5.91 Å². The maximum Gasteiger partial charge on any atom is 0.251 e. The number of amides is 1. The van der Waals surface area contributed by atoms with Gasteiger partial charge in [0, 0.05) is 16.4 Å². The van der Waals surface area contributed by atoms with E-state index in [2.05, 4.69) is 35.1 Å². The Kier molecular flexibility index (Phi) is 3.57. The van der Waals surface area contributed by atoms with Gasteiger partial charge in [0.15, 0.2) is 0 Å². The predicted molar refractivity (Wildman–Crippen MR) is 73.3 cm³/mol. The summed E-state index contributed by atoms with van der Waals surface area (Å²) in [6.45, 7) is 4.21. The minimum atomic E-state index is -0.0782. The van der Waals surface area contributed by atoms with Crippen molar-refractivity contribution in [3.8, 4) is 0 Å². The fraction of sp³-hybridized carbons (Fsp3) is 0.500. The predicted octanol–water partition coefficient (Wildman–Crippen LogP) is 3.50. The van der Waals surface area contributed by atoms with Crippen molar-refractivity contribution in [3.63, 3.8) is 0 Å². The van der Waals surface area contributed by atoms with Crippen LogP contribution in [0.3, 0.4) is 0 Å². The molecule has 0 aromatic heterocycles. The quantitative estimate of drug-likeness (QED) is 0.847. The smallest absolute Gasteiger partial charge is 0.251 e. The number of alkyl halides is 1. The molecule has 0 saturated heterocycles. The van der Waals surface area contributed by atoms with Crippen LogP contribution in [0.4, 0.5) is 0 Å². The van der Waals surface area contributed by atoms with E-state index >= 15 is 0 Å². The van der Waals surface area contributed by atoms with Gasteiger partial charge in [0.1, 0.15) is 0 Å². The van der Waals surface area contributed by atoms with Crippen LogP contribution in [0.25, 0.3) is 0 Å². The molecule has 92 valence electrons. The van der Waals surface area contributed by atoms with E-state index in [0.29, 0.717) is 5.92 Å². The van der Waals surface area contributed by atoms with Crippen molar-refractivity contribution in [2.75, 3.05) is 0 Å². The Morgan fingerprint density at radius 3 is 2.41 bits per heavy atom. The summed E-state index contributed by atoms with van der Waals surface area (Å²) in [7, 11) is 0. The van der Waals surface area contributed by atoms with Gasteiger partial charge in [-0.3, -0.25) is 4.79 Å². The van der Waals surface area contributed by atoms with Crippen LogP contribution < -0.4 is 5.32 Å². The van der Waals surface area contributed by atoms with Crippen molar-refractivity contribution >= 4 is 21.8 Å². The van der Waals surface area contributed by atoms with Crippen LogP contribution in [0, 0.1) is 5.92 Å². The Morgan fingerprint density at radius 1 is 1.35 bits per heavy atom. The maximum atomic E-state index is 12.1. The number of hydrogen-bond donors (Lipinski definition) is 1. The largest absolute Gasteiger partial charge is 0.347 e. The molecule has 0 atom stereocenters. The van der Waals surface area contributed by atoms with Crippen LogP contribution >= 0.6 is 15.9 Å². The molecule has 1 aliphatic rings. The van der Waals surface area contributed by atoms with Gasteiger partial charge in [0.2, 0.25) is 0 Å². The third-order valence-corrected chi connectivity index (χ3v) is 4.05. The van der Waals surface area contributed by atoms with Crippen molar-refractivity contribution in [1.29, 1.82) is 0 Å². The highest BCUT2D eigenvalue weighted by Gasteiger charge is 2.38. The van der Waals surface area contributed by atoms with E-state index in [1.54, 1.807) is 0 Å². The first kappa shape index (κ1) is 12.6. The standard InChI is InChI=1S/C14H18BrNO/c1-14(2,12-7-8-12)16-13(17)11-5-3-10(9-15)4-6-11/h3-6,12H,7-9H2,1-2H3,(H,16,17). The molecule has 0 spiro atoms. The first-order chi connectivity index (χ1) is 8.03. The topological polar surface area (TPSA) is 29.1 Å². The Balaban J connectivity index is 2.03. The number of carbonyl (C=O) groups excluding carboxylic acids is 1. The molecule has 0 bridgehead atoms. The zero-order valence-electron chi connectivity index (χ0n) is 10.3. The molecule has 0 heterocycles. The van der Waals surface area contributed by atoms with Crippen LogP contribution in [-0.4, -0.2) is 11.4 Å². The minimum absolute atomic E-state index is 0.0306. The summed E-state index contributed by atoms with van der Waals surface area (Å²) < 4.78 is 0. The Labute approximate surface area is 111 Å². The molecule has 2 rings (SSSR count). The fourth-order valence-electron chi connectivity index (χ4n) is 2.02. The van der Waals surface area contributed by atoms with Crippen LogP contribution in [0.1, 0.15) is 42.6 Å². The monoisotopic (exact) mass is 295 g/mol. The molecule has 0 radical (unpaired) electrons. The van der Waals surface area contributed by atoms with Crippen LogP contribution in [0.2, 0.25) is 0 Å². The van der Waals surface area contributed by atoms with E-state index in [1.165, 1.54) is 18.4 Å². The second kappa shape index (κ2) is 4.81. The SMILES string of the molecule is CC(C)(NC(=O)c1ccc(CBr)cc1)C1CC1. The van der Waals surface area contributed by atoms with Crippen LogP contribution in [0.15, 0.2) is 24.3 Å². The molecule has 1 N–H and O–H groups in total. The van der Waals surface area contributed by atoms with Gasteiger partial charge in [-0.15, -0.1) is 0 Å². The van der Waals surface area contributed by atoms with Crippen molar-refractivity contribution in [1.82, 2.24) is 5.32 Å². The molecule has 2 nitrogen and oxygen atoms in total. The highest BCUT2D eigenvalue weighted by Crippen LogP contribution is 2.39. The number of nitrogens with one attached hydrogen (secondary N) is 1. The molecule has 0 aliphatic heterocycles. The first-order valence-corrected chi connectivity index (χ1v) is 7.12. The van der Waals surface area contributed by atoms with E-state index in [-0.39, 0.29) is 11.4 Å². The second-order valence-corrected chi connectivity index (χ2v) is 5.84. The van der Waals surface area contributed by atoms with Gasteiger partial charge < -0.3 is 5.32 Å². The first-order valence-electron chi connectivity index (χ1n) is 6.00. The lowest BCUT2D eigenvalue weighted by atomic mass is 9.98. The van der Waals surface area contributed by atoms with Crippen LogP contribution in [0.5, 0.6) is 0 Å². The summed E-state index contributed by atoms with van der Waals surface area (Å²) in [4.78, 5) is 12.1. The number of halogens is 1. The molecule has 1 amide bonds. The number of hydrogen-bond acceptors (Lipinski definition) is 1. The van der Waals surface area contributed by atoms with E-state index in [0.717, 1.165) is 10.9 Å². The minimum Gasteiger partial charge on any atom is -0.347 e. The van der Waals surface area contributed by atoms with Crippen LogP contribution in [-0.2, 0) is 5.33 Å². The summed E-state index contributed by atoms with van der Waals surface area (Å²) >= 11 is 3.39. The number of carbonyl (C=O) groups is 1. The lowest BCUT2D eigenvalue weighted by Crippen LogP contribution is -2.45. The molecular formula is C14H18BrNO. The molecule has 1 fully saturated rings. The normalized spacial score (nSPS) is 15.7.